The smallest absolute Gasteiger partial charge is 0.143 e. The predicted octanol–water partition coefficient (Wildman–Crippen LogP) is 2.88. The lowest BCUT2D eigenvalue weighted by molar-refractivity contribution is 0.417. The molecule has 0 unspecified atom stereocenters. The van der Waals surface area contributed by atoms with E-state index in [1.807, 2.05) is 18.2 Å². The van der Waals surface area contributed by atoms with Crippen molar-refractivity contribution in [3.63, 3.8) is 0 Å². The van der Waals surface area contributed by atoms with Gasteiger partial charge in [0.1, 0.15) is 5.75 Å². The number of nitrogen functional groups attached to an aromatic ring is 1. The molecule has 0 spiro atoms. The van der Waals surface area contributed by atoms with Gasteiger partial charge in [-0.25, -0.2) is 0 Å². The molecule has 0 saturated heterocycles. The fourth-order valence-electron chi connectivity index (χ4n) is 2.07. The van der Waals surface area contributed by atoms with Crippen LogP contribution in [0, 0.1) is 5.92 Å². The molecule has 16 heavy (non-hydrogen) atoms. The van der Waals surface area contributed by atoms with Crippen molar-refractivity contribution in [3.05, 3.63) is 18.2 Å². The molecular formula is C13H20N2O. The van der Waals surface area contributed by atoms with Crippen molar-refractivity contribution in [2.24, 2.45) is 5.92 Å². The second-order valence-electron chi connectivity index (χ2n) is 5.08. The third-order valence-corrected chi connectivity index (χ3v) is 3.30. The Hall–Kier alpha value is -1.38. The van der Waals surface area contributed by atoms with E-state index in [1.165, 1.54) is 12.8 Å². The standard InChI is InChI=1S/C13H20N2O/c1-13(2,9-4-5-9)15-10-6-7-11(14)12(8-10)16-3/h6-9,15H,4-5,14H2,1-3H3. The molecule has 1 aliphatic rings. The first-order chi connectivity index (χ1) is 7.53. The molecular weight excluding hydrogens is 200 g/mol. The van der Waals surface area contributed by atoms with E-state index < -0.39 is 0 Å². The number of hydrogen-bond donors (Lipinski definition) is 2. The summed E-state index contributed by atoms with van der Waals surface area (Å²) in [7, 11) is 1.64. The molecule has 1 aromatic carbocycles. The first kappa shape index (κ1) is 11.1. The summed E-state index contributed by atoms with van der Waals surface area (Å²) < 4.78 is 5.21. The average molecular weight is 220 g/mol. The Labute approximate surface area is 97.0 Å². The minimum atomic E-state index is 0.154. The largest absolute Gasteiger partial charge is 0.495 e. The van der Waals surface area contributed by atoms with E-state index in [2.05, 4.69) is 19.2 Å². The maximum atomic E-state index is 5.78. The third-order valence-electron chi connectivity index (χ3n) is 3.30. The molecule has 0 aliphatic heterocycles. The van der Waals surface area contributed by atoms with E-state index >= 15 is 0 Å². The van der Waals surface area contributed by atoms with Gasteiger partial charge in [-0.1, -0.05) is 0 Å². The van der Waals surface area contributed by atoms with Crippen LogP contribution in [0.1, 0.15) is 26.7 Å². The average Bonchev–Trinajstić information content (AvgIpc) is 3.04. The molecule has 0 atom stereocenters. The summed E-state index contributed by atoms with van der Waals surface area (Å²) in [6.07, 6.45) is 2.65. The second-order valence-corrected chi connectivity index (χ2v) is 5.08. The van der Waals surface area contributed by atoms with Gasteiger partial charge in [-0.2, -0.15) is 0 Å². The number of ether oxygens (including phenoxy) is 1. The number of nitrogens with one attached hydrogen (secondary N) is 1. The lowest BCUT2D eigenvalue weighted by Gasteiger charge is -2.27. The highest BCUT2D eigenvalue weighted by atomic mass is 16.5. The Morgan fingerprint density at radius 2 is 2.06 bits per heavy atom. The van der Waals surface area contributed by atoms with Gasteiger partial charge in [-0.3, -0.25) is 0 Å². The molecule has 2 rings (SSSR count). The van der Waals surface area contributed by atoms with Gasteiger partial charge in [0.05, 0.1) is 12.8 Å². The topological polar surface area (TPSA) is 47.3 Å². The van der Waals surface area contributed by atoms with Crippen LogP contribution in [0.4, 0.5) is 11.4 Å². The summed E-state index contributed by atoms with van der Waals surface area (Å²) in [6, 6.07) is 5.84. The molecule has 88 valence electrons. The molecule has 3 heteroatoms. The highest BCUT2D eigenvalue weighted by molar-refractivity contribution is 5.62. The van der Waals surface area contributed by atoms with Gasteiger partial charge in [0.25, 0.3) is 0 Å². The minimum Gasteiger partial charge on any atom is -0.495 e. The van der Waals surface area contributed by atoms with Crippen LogP contribution in [0.3, 0.4) is 0 Å². The van der Waals surface area contributed by atoms with Crippen LogP contribution in [-0.4, -0.2) is 12.6 Å². The molecule has 1 aromatic rings. The van der Waals surface area contributed by atoms with Gasteiger partial charge in [-0.15, -0.1) is 0 Å². The Balaban J connectivity index is 2.15. The van der Waals surface area contributed by atoms with Crippen molar-refractivity contribution in [3.8, 4) is 5.75 Å². The first-order valence-corrected chi connectivity index (χ1v) is 5.74. The molecule has 1 aliphatic carbocycles. The van der Waals surface area contributed by atoms with Crippen LogP contribution in [-0.2, 0) is 0 Å². The highest BCUT2D eigenvalue weighted by Crippen LogP contribution is 2.41. The van der Waals surface area contributed by atoms with Crippen LogP contribution >= 0.6 is 0 Å². The Kier molecular flexibility index (Phi) is 2.70. The Morgan fingerprint density at radius 3 is 2.62 bits per heavy atom. The monoisotopic (exact) mass is 220 g/mol. The van der Waals surface area contributed by atoms with Gasteiger partial charge < -0.3 is 15.8 Å². The van der Waals surface area contributed by atoms with Crippen molar-refractivity contribution in [2.75, 3.05) is 18.2 Å². The maximum Gasteiger partial charge on any atom is 0.143 e. The Bertz CT molecular complexity index is 384. The number of rotatable bonds is 4. The molecule has 0 heterocycles. The molecule has 0 aromatic heterocycles. The maximum absolute atomic E-state index is 5.78. The Morgan fingerprint density at radius 1 is 1.38 bits per heavy atom. The fraction of sp³-hybridized carbons (Fsp3) is 0.538. The molecule has 3 nitrogen and oxygen atoms in total. The van der Waals surface area contributed by atoms with Crippen LogP contribution in [0.5, 0.6) is 5.75 Å². The molecule has 0 bridgehead atoms. The number of hydrogen-bond acceptors (Lipinski definition) is 3. The number of anilines is 2. The number of nitrogens with two attached hydrogens (primary N) is 1. The molecule has 0 amide bonds. The summed E-state index contributed by atoms with van der Waals surface area (Å²) in [5.41, 5.74) is 7.69. The van der Waals surface area contributed by atoms with Gasteiger partial charge in [-0.05, 0) is 44.7 Å². The minimum absolute atomic E-state index is 0.154. The zero-order valence-electron chi connectivity index (χ0n) is 10.2. The first-order valence-electron chi connectivity index (χ1n) is 5.74. The van der Waals surface area contributed by atoms with E-state index in [9.17, 15) is 0 Å². The van der Waals surface area contributed by atoms with Crippen LogP contribution < -0.4 is 15.8 Å². The van der Waals surface area contributed by atoms with Crippen LogP contribution in [0.2, 0.25) is 0 Å². The lowest BCUT2D eigenvalue weighted by atomic mass is 9.98. The van der Waals surface area contributed by atoms with E-state index in [1.54, 1.807) is 7.11 Å². The van der Waals surface area contributed by atoms with Crippen molar-refractivity contribution in [1.82, 2.24) is 0 Å². The quantitative estimate of drug-likeness (QED) is 0.767. The summed E-state index contributed by atoms with van der Waals surface area (Å²) in [5.74, 6) is 1.52. The zero-order chi connectivity index (χ0) is 11.8. The predicted molar refractivity (Wildman–Crippen MR) is 67.8 cm³/mol. The van der Waals surface area contributed by atoms with E-state index in [4.69, 9.17) is 10.5 Å². The van der Waals surface area contributed by atoms with Crippen molar-refractivity contribution < 1.29 is 4.74 Å². The molecule has 1 fully saturated rings. The van der Waals surface area contributed by atoms with E-state index in [0.717, 1.165) is 17.4 Å². The molecule has 1 saturated carbocycles. The van der Waals surface area contributed by atoms with Crippen LogP contribution in [0.15, 0.2) is 18.2 Å². The van der Waals surface area contributed by atoms with Gasteiger partial charge in [0.15, 0.2) is 0 Å². The second kappa shape index (κ2) is 3.89. The lowest BCUT2D eigenvalue weighted by Crippen LogP contribution is -2.33. The summed E-state index contributed by atoms with van der Waals surface area (Å²) in [5, 5.41) is 3.55. The number of methoxy groups -OCH3 is 1. The van der Waals surface area contributed by atoms with Crippen LogP contribution in [0.25, 0.3) is 0 Å². The van der Waals surface area contributed by atoms with Gasteiger partial charge in [0.2, 0.25) is 0 Å². The highest BCUT2D eigenvalue weighted by Gasteiger charge is 2.37. The van der Waals surface area contributed by atoms with Crippen molar-refractivity contribution in [2.45, 2.75) is 32.2 Å². The normalized spacial score (nSPS) is 15.9. The third kappa shape index (κ3) is 2.23. The zero-order valence-corrected chi connectivity index (χ0v) is 10.2. The van der Waals surface area contributed by atoms with E-state index in [-0.39, 0.29) is 5.54 Å². The van der Waals surface area contributed by atoms with Gasteiger partial charge in [0, 0.05) is 17.3 Å². The fourth-order valence-corrected chi connectivity index (χ4v) is 2.07. The number of benzene rings is 1. The summed E-state index contributed by atoms with van der Waals surface area (Å²) in [6.45, 7) is 4.49. The van der Waals surface area contributed by atoms with E-state index in [0.29, 0.717) is 5.69 Å². The SMILES string of the molecule is COc1cc(NC(C)(C)C2CC2)ccc1N. The van der Waals surface area contributed by atoms with Gasteiger partial charge >= 0.3 is 0 Å². The summed E-state index contributed by atoms with van der Waals surface area (Å²) >= 11 is 0. The van der Waals surface area contributed by atoms with Crippen molar-refractivity contribution >= 4 is 11.4 Å². The van der Waals surface area contributed by atoms with Crippen molar-refractivity contribution in [1.29, 1.82) is 0 Å². The summed E-state index contributed by atoms with van der Waals surface area (Å²) in [4.78, 5) is 0. The molecule has 0 radical (unpaired) electrons. The molecule has 3 N–H and O–H groups in total.